The Balaban J connectivity index is 1.28. The molecule has 0 saturated heterocycles. The Labute approximate surface area is 224 Å². The molecule has 9 heteroatoms. The molecule has 1 aliphatic heterocycles. The number of fused-ring (bicyclic) bond motifs is 2. The van der Waals surface area contributed by atoms with E-state index in [1.54, 1.807) is 4.90 Å². The quantitative estimate of drug-likeness (QED) is 0.303. The molecule has 1 aliphatic rings. The van der Waals surface area contributed by atoms with Gasteiger partial charge in [0.15, 0.2) is 0 Å². The summed E-state index contributed by atoms with van der Waals surface area (Å²) in [5.41, 5.74) is 4.31. The second-order valence-corrected chi connectivity index (χ2v) is 9.69. The summed E-state index contributed by atoms with van der Waals surface area (Å²) < 4.78 is 26.8. The topological polar surface area (TPSA) is 94.3 Å². The Kier molecular flexibility index (Phi) is 7.67. The van der Waals surface area contributed by atoms with Crippen molar-refractivity contribution in [3.8, 4) is 0 Å². The van der Waals surface area contributed by atoms with Gasteiger partial charge in [-0.05, 0) is 46.9 Å². The predicted molar refractivity (Wildman–Crippen MR) is 142 cm³/mol. The van der Waals surface area contributed by atoms with Gasteiger partial charge in [0, 0.05) is 49.2 Å². The molecule has 0 saturated carbocycles. The van der Waals surface area contributed by atoms with Gasteiger partial charge in [-0.1, -0.05) is 42.5 Å². The van der Waals surface area contributed by atoms with Gasteiger partial charge in [-0.25, -0.2) is 8.78 Å². The van der Waals surface area contributed by atoms with E-state index >= 15 is 0 Å². The number of aromatic nitrogens is 1. The monoisotopic (exact) mass is 530 g/mol. The largest absolute Gasteiger partial charge is 0.361 e. The van der Waals surface area contributed by atoms with E-state index in [1.807, 2.05) is 48.7 Å². The third-order valence-corrected chi connectivity index (χ3v) is 6.91. The number of benzene rings is 3. The first kappa shape index (κ1) is 26.1. The zero-order valence-corrected chi connectivity index (χ0v) is 21.2. The van der Waals surface area contributed by atoms with Gasteiger partial charge in [0.2, 0.25) is 17.7 Å². The molecule has 0 aliphatic carbocycles. The molecule has 1 unspecified atom stereocenters. The van der Waals surface area contributed by atoms with Crippen LogP contribution in [-0.4, -0.2) is 40.2 Å². The molecule has 5 rings (SSSR count). The summed E-state index contributed by atoms with van der Waals surface area (Å²) in [4.78, 5) is 43.9. The SMILES string of the molecule is O=C(CC(=O)NC(Cc1c[nH]c2ccccc12)C(=O)N1CCc2ccccc2C1)NCc1cc(F)cc(F)c1. The van der Waals surface area contributed by atoms with E-state index in [0.717, 1.165) is 46.6 Å². The lowest BCUT2D eigenvalue weighted by Crippen LogP contribution is -2.51. The van der Waals surface area contributed by atoms with Crippen molar-refractivity contribution in [1.82, 2.24) is 20.5 Å². The summed E-state index contributed by atoms with van der Waals surface area (Å²) in [7, 11) is 0. The molecule has 0 radical (unpaired) electrons. The van der Waals surface area contributed by atoms with Crippen LogP contribution in [-0.2, 0) is 40.3 Å². The Bertz CT molecular complexity index is 1510. The van der Waals surface area contributed by atoms with Gasteiger partial charge in [-0.2, -0.15) is 0 Å². The maximum absolute atomic E-state index is 13.7. The number of rotatable bonds is 8. The fraction of sp³-hybridized carbons (Fsp3) is 0.233. The summed E-state index contributed by atoms with van der Waals surface area (Å²) in [6, 6.07) is 17.7. The summed E-state index contributed by atoms with van der Waals surface area (Å²) in [6.07, 6.45) is 2.27. The van der Waals surface area contributed by atoms with Crippen LogP contribution in [0.5, 0.6) is 0 Å². The van der Waals surface area contributed by atoms with E-state index in [0.29, 0.717) is 13.1 Å². The molecule has 0 bridgehead atoms. The van der Waals surface area contributed by atoms with Gasteiger partial charge in [-0.3, -0.25) is 14.4 Å². The van der Waals surface area contributed by atoms with Gasteiger partial charge in [0.05, 0.1) is 0 Å². The second kappa shape index (κ2) is 11.5. The minimum atomic E-state index is -0.882. The number of hydrogen-bond acceptors (Lipinski definition) is 3. The third kappa shape index (κ3) is 6.31. The van der Waals surface area contributed by atoms with Crippen LogP contribution in [0.15, 0.2) is 72.9 Å². The molecule has 2 heterocycles. The first-order chi connectivity index (χ1) is 18.9. The molecule has 200 valence electrons. The lowest BCUT2D eigenvalue weighted by molar-refractivity contribution is -0.138. The first-order valence-corrected chi connectivity index (χ1v) is 12.8. The zero-order chi connectivity index (χ0) is 27.4. The number of amides is 3. The van der Waals surface area contributed by atoms with Crippen molar-refractivity contribution in [3.63, 3.8) is 0 Å². The van der Waals surface area contributed by atoms with Crippen molar-refractivity contribution >= 4 is 28.6 Å². The van der Waals surface area contributed by atoms with Gasteiger partial charge in [0.1, 0.15) is 24.1 Å². The highest BCUT2D eigenvalue weighted by Crippen LogP contribution is 2.22. The molecular formula is C30H28F2N4O3. The lowest BCUT2D eigenvalue weighted by Gasteiger charge is -2.32. The standard InChI is InChI=1S/C30H28F2N4O3/c31-23-11-19(12-24(32)14-23)16-34-28(37)15-29(38)35-27(13-22-17-33-26-8-4-3-7-25(22)26)30(39)36-10-9-20-5-1-2-6-21(20)18-36/h1-8,11-12,14,17,27,33H,9-10,13,15-16,18H2,(H,34,37)(H,35,38). The van der Waals surface area contributed by atoms with Crippen LogP contribution in [0.2, 0.25) is 0 Å². The highest BCUT2D eigenvalue weighted by atomic mass is 19.1. The maximum atomic E-state index is 13.7. The van der Waals surface area contributed by atoms with Gasteiger partial charge in [-0.15, -0.1) is 0 Å². The molecule has 3 aromatic carbocycles. The van der Waals surface area contributed by atoms with Crippen LogP contribution in [0.25, 0.3) is 10.9 Å². The molecule has 0 spiro atoms. The average Bonchev–Trinajstić information content (AvgIpc) is 3.33. The van der Waals surface area contributed by atoms with Crippen molar-refractivity contribution in [2.24, 2.45) is 0 Å². The van der Waals surface area contributed by atoms with Crippen LogP contribution in [0.4, 0.5) is 8.78 Å². The average molecular weight is 531 g/mol. The predicted octanol–water partition coefficient (Wildman–Crippen LogP) is 3.76. The van der Waals surface area contributed by atoms with E-state index in [-0.39, 0.29) is 24.4 Å². The fourth-order valence-corrected chi connectivity index (χ4v) is 4.99. The molecule has 3 N–H and O–H groups in total. The maximum Gasteiger partial charge on any atom is 0.245 e. The number of halogens is 2. The molecule has 39 heavy (non-hydrogen) atoms. The Morgan fingerprint density at radius 3 is 2.44 bits per heavy atom. The highest BCUT2D eigenvalue weighted by Gasteiger charge is 2.30. The van der Waals surface area contributed by atoms with Crippen molar-refractivity contribution in [2.75, 3.05) is 6.54 Å². The summed E-state index contributed by atoms with van der Waals surface area (Å²) in [5.74, 6) is -2.97. The number of aromatic amines is 1. The molecular weight excluding hydrogens is 502 g/mol. The third-order valence-electron chi connectivity index (χ3n) is 6.91. The van der Waals surface area contributed by atoms with E-state index in [4.69, 9.17) is 0 Å². The van der Waals surface area contributed by atoms with E-state index in [1.165, 1.54) is 5.56 Å². The number of H-pyrrole nitrogens is 1. The Morgan fingerprint density at radius 1 is 0.923 bits per heavy atom. The highest BCUT2D eigenvalue weighted by molar-refractivity contribution is 5.99. The zero-order valence-electron chi connectivity index (χ0n) is 21.2. The van der Waals surface area contributed by atoms with Crippen LogP contribution in [0, 0.1) is 11.6 Å². The molecule has 7 nitrogen and oxygen atoms in total. The molecule has 1 atom stereocenters. The summed E-state index contributed by atoms with van der Waals surface area (Å²) >= 11 is 0. The summed E-state index contributed by atoms with van der Waals surface area (Å²) in [6.45, 7) is 0.840. The van der Waals surface area contributed by atoms with Crippen molar-refractivity contribution in [3.05, 3.63) is 107 Å². The van der Waals surface area contributed by atoms with Crippen LogP contribution >= 0.6 is 0 Å². The minimum absolute atomic E-state index is 0.133. The number of nitrogens with zero attached hydrogens (tertiary/aromatic N) is 1. The van der Waals surface area contributed by atoms with Gasteiger partial charge in [0.25, 0.3) is 0 Å². The van der Waals surface area contributed by atoms with Crippen LogP contribution < -0.4 is 10.6 Å². The number of carbonyl (C=O) groups excluding carboxylic acids is 3. The number of carbonyl (C=O) groups is 3. The second-order valence-electron chi connectivity index (χ2n) is 9.69. The number of hydrogen-bond donors (Lipinski definition) is 3. The number of nitrogens with one attached hydrogen (secondary N) is 3. The van der Waals surface area contributed by atoms with E-state index in [9.17, 15) is 23.2 Å². The molecule has 1 aromatic heterocycles. The van der Waals surface area contributed by atoms with E-state index in [2.05, 4.69) is 21.7 Å². The smallest absolute Gasteiger partial charge is 0.245 e. The Morgan fingerprint density at radius 2 is 1.64 bits per heavy atom. The van der Waals surface area contributed by atoms with Crippen LogP contribution in [0.1, 0.15) is 28.7 Å². The minimum Gasteiger partial charge on any atom is -0.361 e. The fourth-order valence-electron chi connectivity index (χ4n) is 4.99. The molecule has 4 aromatic rings. The lowest BCUT2D eigenvalue weighted by atomic mass is 9.98. The molecule has 3 amide bonds. The Hall–Kier alpha value is -4.53. The van der Waals surface area contributed by atoms with Gasteiger partial charge >= 0.3 is 0 Å². The van der Waals surface area contributed by atoms with Crippen molar-refractivity contribution < 1.29 is 23.2 Å². The normalized spacial score (nSPS) is 13.5. The van der Waals surface area contributed by atoms with Crippen LogP contribution in [0.3, 0.4) is 0 Å². The van der Waals surface area contributed by atoms with Crippen molar-refractivity contribution in [2.45, 2.75) is 38.4 Å². The first-order valence-electron chi connectivity index (χ1n) is 12.8. The number of para-hydroxylation sites is 1. The van der Waals surface area contributed by atoms with Crippen molar-refractivity contribution in [1.29, 1.82) is 0 Å². The van der Waals surface area contributed by atoms with Gasteiger partial charge < -0.3 is 20.5 Å². The van der Waals surface area contributed by atoms with E-state index < -0.39 is 35.9 Å². The summed E-state index contributed by atoms with van der Waals surface area (Å²) in [5, 5.41) is 6.21. The molecule has 0 fully saturated rings.